The summed E-state index contributed by atoms with van der Waals surface area (Å²) in [7, 11) is 11.2. The number of carboxylic acids is 2. The van der Waals surface area contributed by atoms with Crippen LogP contribution < -0.4 is 67.1 Å². The van der Waals surface area contributed by atoms with Crippen LogP contribution in [0.4, 0.5) is 0 Å². The van der Waals surface area contributed by atoms with Crippen LogP contribution in [0.15, 0.2) is 60.7 Å². The van der Waals surface area contributed by atoms with Gasteiger partial charge in [-0.15, -0.1) is 0 Å². The van der Waals surface area contributed by atoms with Gasteiger partial charge in [-0.2, -0.15) is 39.9 Å². The molecule has 0 aliphatic carbocycles. The standard InChI is InChI=1S/2C19H18N4O8.Ca/c2*1-26-12-8-13(27-2)21-18(20-12)30-10-6-5-7-11(16(10)17(24)25)31-19-22-14(28-3)9-15(23-19)29-4;/h2*5-9H,1-4H3,(H,24,25);/q;;+2/p-2. The molecule has 0 spiro atoms. The minimum atomic E-state index is -1.57. The van der Waals surface area contributed by atoms with Crippen LogP contribution in [0.25, 0.3) is 0 Å². The van der Waals surface area contributed by atoms with E-state index >= 15 is 0 Å². The van der Waals surface area contributed by atoms with Gasteiger partial charge in [0.15, 0.2) is 0 Å². The van der Waals surface area contributed by atoms with Crippen LogP contribution in [0.1, 0.15) is 20.7 Å². The van der Waals surface area contributed by atoms with Crippen LogP contribution in [-0.2, 0) is 0 Å². The number of aromatic nitrogens is 8. The number of nitrogens with zero attached hydrogens (tertiary/aromatic N) is 8. The molecule has 4 aromatic heterocycles. The molecule has 0 saturated heterocycles. The van der Waals surface area contributed by atoms with Crippen LogP contribution in [0.3, 0.4) is 0 Å². The van der Waals surface area contributed by atoms with Crippen LogP contribution >= 0.6 is 0 Å². The Morgan fingerprint density at radius 3 is 0.683 bits per heavy atom. The number of benzene rings is 2. The first-order chi connectivity index (χ1) is 29.9. The van der Waals surface area contributed by atoms with Crippen molar-refractivity contribution in [1.82, 2.24) is 39.9 Å². The van der Waals surface area contributed by atoms with Crippen molar-refractivity contribution in [2.45, 2.75) is 0 Å². The maximum absolute atomic E-state index is 11.9. The molecule has 63 heavy (non-hydrogen) atoms. The molecule has 0 unspecified atom stereocenters. The first-order valence-corrected chi connectivity index (χ1v) is 17.2. The summed E-state index contributed by atoms with van der Waals surface area (Å²) in [5.74, 6) is -2.52. The number of hydrogen-bond acceptors (Lipinski definition) is 24. The molecular formula is C38H34CaN8O16. The van der Waals surface area contributed by atoms with Crippen molar-refractivity contribution >= 4 is 49.7 Å². The van der Waals surface area contributed by atoms with Crippen molar-refractivity contribution in [3.63, 3.8) is 0 Å². The molecule has 25 heteroatoms. The molecule has 0 atom stereocenters. The molecule has 6 aromatic rings. The molecule has 324 valence electrons. The minimum absolute atomic E-state index is 0. The summed E-state index contributed by atoms with van der Waals surface area (Å²) in [5, 5.41) is 23.7. The average Bonchev–Trinajstić information content (AvgIpc) is 3.28. The number of aromatic carboxylic acids is 2. The number of hydrogen-bond donors (Lipinski definition) is 0. The van der Waals surface area contributed by atoms with Gasteiger partial charge in [0.25, 0.3) is 0 Å². The van der Waals surface area contributed by atoms with Crippen LogP contribution in [0.2, 0.25) is 0 Å². The van der Waals surface area contributed by atoms with E-state index in [-0.39, 0.29) is 132 Å². The SMILES string of the molecule is COc1cc(OC)nc(Oc2cccc(Oc3nc(OC)cc(OC)n3)c2C(=O)[O-])n1.COc1cc(OC)nc(Oc2cccc(Oc3nc(OC)cc(OC)n3)c2C(=O)[O-])n1.[Ca+2]. The monoisotopic (exact) mass is 898 g/mol. The molecule has 0 saturated carbocycles. The second-order valence-corrected chi connectivity index (χ2v) is 11.2. The Morgan fingerprint density at radius 2 is 0.540 bits per heavy atom. The van der Waals surface area contributed by atoms with Crippen LogP contribution in [0.5, 0.6) is 94.1 Å². The molecule has 4 heterocycles. The van der Waals surface area contributed by atoms with Crippen molar-refractivity contribution < 1.29 is 76.6 Å². The van der Waals surface area contributed by atoms with E-state index in [9.17, 15) is 19.8 Å². The van der Waals surface area contributed by atoms with Crippen molar-refractivity contribution in [2.24, 2.45) is 0 Å². The fourth-order valence-electron chi connectivity index (χ4n) is 4.71. The molecular weight excluding hydrogens is 865 g/mol. The summed E-state index contributed by atoms with van der Waals surface area (Å²) in [6.45, 7) is 0. The van der Waals surface area contributed by atoms with Gasteiger partial charge in [0.2, 0.25) is 47.0 Å². The van der Waals surface area contributed by atoms with Gasteiger partial charge in [-0.25, -0.2) is 0 Å². The molecule has 0 radical (unpaired) electrons. The molecule has 0 aliphatic rings. The van der Waals surface area contributed by atoms with E-state index in [4.69, 9.17) is 56.8 Å². The van der Waals surface area contributed by atoms with E-state index in [0.717, 1.165) is 0 Å². The van der Waals surface area contributed by atoms with Gasteiger partial charge < -0.3 is 76.6 Å². The molecule has 6 rings (SSSR count). The summed E-state index contributed by atoms with van der Waals surface area (Å²) in [6, 6.07) is 13.4. The number of ether oxygens (including phenoxy) is 12. The van der Waals surface area contributed by atoms with Gasteiger partial charge in [0.05, 0.1) is 104 Å². The summed E-state index contributed by atoms with van der Waals surface area (Å²) in [4.78, 5) is 55.8. The van der Waals surface area contributed by atoms with E-state index in [1.807, 2.05) is 0 Å². The number of methoxy groups -OCH3 is 8. The average molecular weight is 899 g/mol. The van der Waals surface area contributed by atoms with E-state index in [1.165, 1.54) is 118 Å². The Balaban J connectivity index is 0.000000272. The summed E-state index contributed by atoms with van der Waals surface area (Å²) >= 11 is 0. The molecule has 24 nitrogen and oxygen atoms in total. The third kappa shape index (κ3) is 12.8. The summed E-state index contributed by atoms with van der Waals surface area (Å²) < 4.78 is 62.6. The molecule has 0 fully saturated rings. The van der Waals surface area contributed by atoms with Gasteiger partial charge in [0.1, 0.15) is 23.0 Å². The smallest absolute Gasteiger partial charge is 0.545 e. The number of carboxylic acid groups (broad SMARTS) is 2. The van der Waals surface area contributed by atoms with Crippen molar-refractivity contribution in [1.29, 1.82) is 0 Å². The van der Waals surface area contributed by atoms with Gasteiger partial charge in [-0.05, 0) is 24.3 Å². The number of rotatable bonds is 18. The Hall–Kier alpha value is -7.44. The fraction of sp³-hybridized carbons (Fsp3) is 0.211. The van der Waals surface area contributed by atoms with Crippen molar-refractivity contribution in [3.8, 4) is 94.1 Å². The zero-order valence-electron chi connectivity index (χ0n) is 34.6. The van der Waals surface area contributed by atoms with Crippen LogP contribution in [-0.4, -0.2) is 146 Å². The van der Waals surface area contributed by atoms with Crippen molar-refractivity contribution in [2.75, 3.05) is 56.9 Å². The summed E-state index contributed by atoms with van der Waals surface area (Å²) in [5.41, 5.74) is -0.837. The van der Waals surface area contributed by atoms with E-state index in [1.54, 1.807) is 0 Å². The zero-order chi connectivity index (χ0) is 44.8. The van der Waals surface area contributed by atoms with Crippen molar-refractivity contribution in [3.05, 3.63) is 71.8 Å². The molecule has 0 aliphatic heterocycles. The zero-order valence-corrected chi connectivity index (χ0v) is 36.8. The number of carbonyl (C=O) groups excluding carboxylic acids is 2. The Bertz CT molecular complexity index is 2120. The molecule has 0 bridgehead atoms. The van der Waals surface area contributed by atoms with Crippen LogP contribution in [0, 0.1) is 0 Å². The predicted octanol–water partition coefficient (Wildman–Crippen LogP) is 2.12. The molecule has 2 aromatic carbocycles. The van der Waals surface area contributed by atoms with Gasteiger partial charge in [-0.3, -0.25) is 0 Å². The topological polar surface area (TPSA) is 294 Å². The summed E-state index contributed by atoms with van der Waals surface area (Å²) in [6.07, 6.45) is 0. The fourth-order valence-corrected chi connectivity index (χ4v) is 4.71. The second kappa shape index (κ2) is 23.0. The largest absolute Gasteiger partial charge is 2.00 e. The molecule has 0 amide bonds. The Morgan fingerprint density at radius 1 is 0.365 bits per heavy atom. The molecule has 0 N–H and O–H groups in total. The van der Waals surface area contributed by atoms with E-state index in [2.05, 4.69) is 39.9 Å². The second-order valence-electron chi connectivity index (χ2n) is 11.2. The third-order valence-electron chi connectivity index (χ3n) is 7.50. The Kier molecular flexibility index (Phi) is 17.6. The normalized spacial score (nSPS) is 10.0. The van der Waals surface area contributed by atoms with Gasteiger partial charge >= 0.3 is 61.8 Å². The quantitative estimate of drug-likeness (QED) is 0.112. The van der Waals surface area contributed by atoms with Gasteiger partial charge in [-0.1, -0.05) is 12.1 Å². The first-order valence-electron chi connectivity index (χ1n) is 17.2. The third-order valence-corrected chi connectivity index (χ3v) is 7.50. The first kappa shape index (κ1) is 48.2. The number of carbonyl (C=O) groups is 2. The maximum atomic E-state index is 11.9. The Labute approximate surface area is 387 Å². The van der Waals surface area contributed by atoms with Gasteiger partial charge in [0, 0.05) is 0 Å². The van der Waals surface area contributed by atoms with E-state index in [0.29, 0.717) is 0 Å². The maximum Gasteiger partial charge on any atom is 2.00 e. The predicted molar refractivity (Wildman–Crippen MR) is 208 cm³/mol. The van der Waals surface area contributed by atoms with E-state index < -0.39 is 23.1 Å². The minimum Gasteiger partial charge on any atom is -0.545 e.